The molecule has 0 aliphatic carbocycles. The highest BCUT2D eigenvalue weighted by atomic mass is 79.9. The third-order valence-corrected chi connectivity index (χ3v) is 5.40. The van der Waals surface area contributed by atoms with Crippen LogP contribution in [0.2, 0.25) is 0 Å². The van der Waals surface area contributed by atoms with Crippen LogP contribution in [-0.4, -0.2) is 46.0 Å². The van der Waals surface area contributed by atoms with Crippen molar-refractivity contribution < 1.29 is 27.9 Å². The van der Waals surface area contributed by atoms with Gasteiger partial charge in [-0.1, -0.05) is 15.9 Å². The first kappa shape index (κ1) is 23.9. The van der Waals surface area contributed by atoms with Crippen molar-refractivity contribution in [2.24, 2.45) is 5.92 Å². The molecule has 1 aromatic heterocycles. The maximum atomic E-state index is 12.4. The number of nitrogens with one attached hydrogen (secondary N) is 2. The average Bonchev–Trinajstić information content (AvgIpc) is 3.11. The number of nitrogens with zero attached hydrogens (tertiary/aromatic N) is 2. The molecule has 7 nitrogen and oxygen atoms in total. The van der Waals surface area contributed by atoms with E-state index in [-0.39, 0.29) is 5.91 Å². The summed E-state index contributed by atoms with van der Waals surface area (Å²) in [4.78, 5) is 21.3. The van der Waals surface area contributed by atoms with Crippen LogP contribution in [0.15, 0.2) is 34.9 Å². The molecular weight excluding hydrogens is 469 g/mol. The summed E-state index contributed by atoms with van der Waals surface area (Å²) in [5.74, 6) is -1.49. The van der Waals surface area contributed by atoms with Crippen LogP contribution in [0, 0.1) is 12.8 Å². The molecular formula is C19H22BrF3N4O3. The number of hydrogen-bond donors (Lipinski definition) is 3. The van der Waals surface area contributed by atoms with E-state index in [1.165, 1.54) is 0 Å². The van der Waals surface area contributed by atoms with Gasteiger partial charge in [-0.25, -0.2) is 9.48 Å². The monoisotopic (exact) mass is 490 g/mol. The molecule has 3 N–H and O–H groups in total. The Morgan fingerprint density at radius 3 is 2.50 bits per heavy atom. The zero-order valence-electron chi connectivity index (χ0n) is 16.2. The third kappa shape index (κ3) is 7.13. The number of carbonyl (C=O) groups is 2. The number of rotatable bonds is 4. The summed E-state index contributed by atoms with van der Waals surface area (Å²) in [5, 5.41) is 17.8. The van der Waals surface area contributed by atoms with Gasteiger partial charge in [0.1, 0.15) is 5.82 Å². The molecule has 11 heteroatoms. The van der Waals surface area contributed by atoms with Gasteiger partial charge in [-0.05, 0) is 62.5 Å². The molecule has 164 valence electrons. The van der Waals surface area contributed by atoms with Crippen molar-refractivity contribution in [3.63, 3.8) is 0 Å². The molecule has 0 radical (unpaired) electrons. The van der Waals surface area contributed by atoms with E-state index >= 15 is 0 Å². The molecule has 1 fully saturated rings. The molecule has 2 aromatic rings. The van der Waals surface area contributed by atoms with Crippen LogP contribution in [-0.2, 0) is 11.3 Å². The third-order valence-electron chi connectivity index (χ3n) is 4.51. The first-order valence-corrected chi connectivity index (χ1v) is 9.97. The number of hydrogen-bond acceptors (Lipinski definition) is 4. The van der Waals surface area contributed by atoms with Crippen LogP contribution in [0.5, 0.6) is 0 Å². The number of benzene rings is 1. The quantitative estimate of drug-likeness (QED) is 0.604. The molecule has 1 aliphatic heterocycles. The molecule has 3 rings (SSSR count). The maximum Gasteiger partial charge on any atom is 0.490 e. The lowest BCUT2D eigenvalue weighted by Gasteiger charge is -2.23. The van der Waals surface area contributed by atoms with Crippen LogP contribution in [0.4, 0.5) is 19.0 Å². The molecule has 0 spiro atoms. The number of amides is 1. The maximum absolute atomic E-state index is 12.4. The van der Waals surface area contributed by atoms with Crippen LogP contribution < -0.4 is 10.6 Å². The topological polar surface area (TPSA) is 96.3 Å². The van der Waals surface area contributed by atoms with Gasteiger partial charge in [-0.2, -0.15) is 18.3 Å². The number of carboxylic acids is 1. The minimum Gasteiger partial charge on any atom is -0.475 e. The number of anilines is 1. The summed E-state index contributed by atoms with van der Waals surface area (Å²) < 4.78 is 34.6. The number of aliphatic carboxylic acids is 1. The van der Waals surface area contributed by atoms with E-state index < -0.39 is 12.1 Å². The molecule has 30 heavy (non-hydrogen) atoms. The fraction of sp³-hybridized carbons (Fsp3) is 0.421. The van der Waals surface area contributed by atoms with E-state index in [2.05, 4.69) is 31.7 Å². The van der Waals surface area contributed by atoms with E-state index in [0.717, 1.165) is 48.3 Å². The first-order chi connectivity index (χ1) is 14.1. The smallest absolute Gasteiger partial charge is 0.475 e. The molecule has 2 heterocycles. The Morgan fingerprint density at radius 1 is 1.30 bits per heavy atom. The van der Waals surface area contributed by atoms with E-state index in [0.29, 0.717) is 11.5 Å². The Hall–Kier alpha value is -2.40. The normalized spacial score (nSPS) is 14.6. The SMILES string of the molecule is Cc1cc(C(=O)Nc2ccnn2CC2CCNCC2)ccc1Br.O=C(O)C(F)(F)F. The van der Waals surface area contributed by atoms with Gasteiger partial charge in [0.15, 0.2) is 0 Å². The van der Waals surface area contributed by atoms with Gasteiger partial charge >= 0.3 is 12.1 Å². The number of halogens is 4. The van der Waals surface area contributed by atoms with Crippen LogP contribution in [0.25, 0.3) is 0 Å². The highest BCUT2D eigenvalue weighted by Gasteiger charge is 2.38. The Bertz CT molecular complexity index is 880. The average molecular weight is 491 g/mol. The standard InChI is InChI=1S/C17H21BrN4O.C2HF3O2/c1-12-10-14(2-3-15(12)18)17(23)21-16-6-9-20-22(16)11-13-4-7-19-8-5-13;3-2(4,5)1(6)7/h2-3,6,9-10,13,19H,4-5,7-8,11H2,1H3,(H,21,23);(H,6,7). The number of piperidine rings is 1. The molecule has 1 aromatic carbocycles. The van der Waals surface area contributed by atoms with E-state index in [4.69, 9.17) is 9.90 Å². The number of carbonyl (C=O) groups excluding carboxylic acids is 1. The minimum atomic E-state index is -5.08. The molecule has 1 amide bonds. The van der Waals surface area contributed by atoms with Gasteiger partial charge in [0, 0.05) is 22.6 Å². The molecule has 0 unspecified atom stereocenters. The summed E-state index contributed by atoms with van der Waals surface area (Å²) in [5.41, 5.74) is 1.70. The number of alkyl halides is 3. The molecule has 1 saturated heterocycles. The lowest BCUT2D eigenvalue weighted by atomic mass is 9.98. The minimum absolute atomic E-state index is 0.104. The zero-order chi connectivity index (χ0) is 22.3. The van der Waals surface area contributed by atoms with Crippen molar-refractivity contribution in [3.05, 3.63) is 46.1 Å². The fourth-order valence-electron chi connectivity index (χ4n) is 2.87. The number of aryl methyl sites for hydroxylation is 1. The van der Waals surface area contributed by atoms with Gasteiger partial charge in [0.05, 0.1) is 6.20 Å². The second-order valence-electron chi connectivity index (χ2n) is 6.81. The zero-order valence-corrected chi connectivity index (χ0v) is 17.8. The summed E-state index contributed by atoms with van der Waals surface area (Å²) in [6.45, 7) is 4.95. The predicted octanol–water partition coefficient (Wildman–Crippen LogP) is 3.84. The van der Waals surface area contributed by atoms with Crippen LogP contribution >= 0.6 is 15.9 Å². The second-order valence-corrected chi connectivity index (χ2v) is 7.67. The summed E-state index contributed by atoms with van der Waals surface area (Å²) in [6.07, 6.45) is -1.04. The van der Waals surface area contributed by atoms with Crippen LogP contribution in [0.3, 0.4) is 0 Å². The van der Waals surface area contributed by atoms with E-state index in [9.17, 15) is 18.0 Å². The van der Waals surface area contributed by atoms with Crippen molar-refractivity contribution >= 4 is 33.6 Å². The Kier molecular flexibility index (Phi) is 8.42. The van der Waals surface area contributed by atoms with Gasteiger partial charge in [-0.15, -0.1) is 0 Å². The number of carboxylic acid groups (broad SMARTS) is 1. The van der Waals surface area contributed by atoms with Gasteiger partial charge in [-0.3, -0.25) is 4.79 Å². The molecule has 1 aliphatic rings. The summed E-state index contributed by atoms with van der Waals surface area (Å²) >= 11 is 3.46. The summed E-state index contributed by atoms with van der Waals surface area (Å²) in [7, 11) is 0. The lowest BCUT2D eigenvalue weighted by Crippen LogP contribution is -2.30. The van der Waals surface area contributed by atoms with Gasteiger partial charge in [0.2, 0.25) is 0 Å². The Balaban J connectivity index is 0.000000396. The molecule has 0 atom stereocenters. The fourth-order valence-corrected chi connectivity index (χ4v) is 3.11. The Labute approximate surface area is 179 Å². The van der Waals surface area contributed by atoms with Crippen molar-refractivity contribution in [2.45, 2.75) is 32.5 Å². The van der Waals surface area contributed by atoms with Gasteiger partial charge < -0.3 is 15.7 Å². The lowest BCUT2D eigenvalue weighted by molar-refractivity contribution is -0.192. The predicted molar refractivity (Wildman–Crippen MR) is 108 cm³/mol. The molecule has 0 saturated carbocycles. The summed E-state index contributed by atoms with van der Waals surface area (Å²) in [6, 6.07) is 7.45. The van der Waals surface area contributed by atoms with Crippen molar-refractivity contribution in [1.82, 2.24) is 15.1 Å². The van der Waals surface area contributed by atoms with Gasteiger partial charge in [0.25, 0.3) is 5.91 Å². The van der Waals surface area contributed by atoms with Crippen LogP contribution in [0.1, 0.15) is 28.8 Å². The van der Waals surface area contributed by atoms with Crippen molar-refractivity contribution in [3.8, 4) is 0 Å². The van der Waals surface area contributed by atoms with Crippen molar-refractivity contribution in [2.75, 3.05) is 18.4 Å². The highest BCUT2D eigenvalue weighted by Crippen LogP contribution is 2.20. The Morgan fingerprint density at radius 2 is 1.93 bits per heavy atom. The number of aromatic nitrogens is 2. The molecule has 0 bridgehead atoms. The first-order valence-electron chi connectivity index (χ1n) is 9.18. The van der Waals surface area contributed by atoms with E-state index in [1.807, 2.05) is 35.9 Å². The largest absolute Gasteiger partial charge is 0.490 e. The van der Waals surface area contributed by atoms with E-state index in [1.54, 1.807) is 6.20 Å². The van der Waals surface area contributed by atoms with Crippen molar-refractivity contribution in [1.29, 1.82) is 0 Å². The second kappa shape index (κ2) is 10.6. The highest BCUT2D eigenvalue weighted by molar-refractivity contribution is 9.10.